The highest BCUT2D eigenvalue weighted by atomic mass is 32.2. The number of thioether (sulfide) groups is 1. The molecule has 0 fully saturated rings. The van der Waals surface area contributed by atoms with Gasteiger partial charge in [-0.2, -0.15) is 0 Å². The third-order valence-corrected chi connectivity index (χ3v) is 5.50. The van der Waals surface area contributed by atoms with E-state index in [9.17, 15) is 9.59 Å². The van der Waals surface area contributed by atoms with Crippen LogP contribution in [-0.2, 0) is 11.3 Å². The number of nitrogens with zero attached hydrogens (tertiary/aromatic N) is 2. The molecular formula is C18H19N3O3S2. The van der Waals surface area contributed by atoms with Gasteiger partial charge in [0.05, 0.1) is 17.9 Å². The van der Waals surface area contributed by atoms with Gasteiger partial charge in [0.2, 0.25) is 5.91 Å². The maximum absolute atomic E-state index is 12.5. The average Bonchev–Trinajstić information content (AvgIpc) is 3.11. The van der Waals surface area contributed by atoms with Crippen molar-refractivity contribution >= 4 is 44.9 Å². The van der Waals surface area contributed by atoms with Crippen LogP contribution in [0.5, 0.6) is 5.75 Å². The first-order chi connectivity index (χ1) is 12.6. The maximum atomic E-state index is 12.5. The Balaban J connectivity index is 1.67. The van der Waals surface area contributed by atoms with Crippen LogP contribution in [-0.4, -0.2) is 27.8 Å². The molecule has 0 atom stereocenters. The number of fused-ring (bicyclic) bond motifs is 1. The van der Waals surface area contributed by atoms with Crippen molar-refractivity contribution in [1.82, 2.24) is 9.55 Å². The van der Waals surface area contributed by atoms with Crippen molar-refractivity contribution in [3.63, 3.8) is 0 Å². The molecule has 2 aromatic heterocycles. The lowest BCUT2D eigenvalue weighted by Gasteiger charge is -2.10. The molecule has 0 saturated heterocycles. The van der Waals surface area contributed by atoms with Crippen molar-refractivity contribution in [2.45, 2.75) is 25.5 Å². The van der Waals surface area contributed by atoms with Crippen molar-refractivity contribution in [3.05, 3.63) is 46.1 Å². The first-order valence-corrected chi connectivity index (χ1v) is 10.1. The third kappa shape index (κ3) is 4.08. The number of carbonyl (C=O) groups excluding carboxylic acids is 1. The van der Waals surface area contributed by atoms with Crippen molar-refractivity contribution in [2.24, 2.45) is 0 Å². The molecule has 1 aromatic carbocycles. The second-order valence-electron chi connectivity index (χ2n) is 5.37. The van der Waals surface area contributed by atoms with Crippen LogP contribution in [0.2, 0.25) is 0 Å². The van der Waals surface area contributed by atoms with Gasteiger partial charge in [0, 0.05) is 12.2 Å². The quantitative estimate of drug-likeness (QED) is 0.494. The molecule has 26 heavy (non-hydrogen) atoms. The Morgan fingerprint density at radius 3 is 2.73 bits per heavy atom. The number of thiophene rings is 1. The van der Waals surface area contributed by atoms with Gasteiger partial charge in [-0.1, -0.05) is 11.8 Å². The predicted octanol–water partition coefficient (Wildman–Crippen LogP) is 3.61. The summed E-state index contributed by atoms with van der Waals surface area (Å²) in [6.07, 6.45) is 0. The summed E-state index contributed by atoms with van der Waals surface area (Å²) >= 11 is 2.65. The molecule has 1 N–H and O–H groups in total. The van der Waals surface area contributed by atoms with Crippen LogP contribution in [0, 0.1) is 0 Å². The molecule has 3 aromatic rings. The van der Waals surface area contributed by atoms with E-state index in [0.717, 1.165) is 5.75 Å². The van der Waals surface area contributed by atoms with E-state index < -0.39 is 0 Å². The van der Waals surface area contributed by atoms with Gasteiger partial charge in [-0.15, -0.1) is 11.3 Å². The highest BCUT2D eigenvalue weighted by Crippen LogP contribution is 2.21. The van der Waals surface area contributed by atoms with Crippen LogP contribution in [0.25, 0.3) is 10.2 Å². The van der Waals surface area contributed by atoms with Crippen LogP contribution in [0.1, 0.15) is 13.8 Å². The summed E-state index contributed by atoms with van der Waals surface area (Å²) in [5.41, 5.74) is 1.33. The summed E-state index contributed by atoms with van der Waals surface area (Å²) in [5, 5.41) is 5.25. The zero-order valence-corrected chi connectivity index (χ0v) is 16.2. The van der Waals surface area contributed by atoms with Gasteiger partial charge >= 0.3 is 0 Å². The van der Waals surface area contributed by atoms with E-state index in [0.29, 0.717) is 34.2 Å². The number of anilines is 1. The highest BCUT2D eigenvalue weighted by Gasteiger charge is 2.13. The molecule has 3 rings (SSSR count). The van der Waals surface area contributed by atoms with E-state index in [-0.39, 0.29) is 17.2 Å². The van der Waals surface area contributed by atoms with Gasteiger partial charge in [0.15, 0.2) is 5.16 Å². The molecule has 0 saturated carbocycles. The van der Waals surface area contributed by atoms with Crippen molar-refractivity contribution in [3.8, 4) is 5.75 Å². The monoisotopic (exact) mass is 389 g/mol. The Morgan fingerprint density at radius 2 is 2.04 bits per heavy atom. The van der Waals surface area contributed by atoms with Crippen LogP contribution in [0.15, 0.2) is 45.7 Å². The van der Waals surface area contributed by atoms with Crippen molar-refractivity contribution < 1.29 is 9.53 Å². The summed E-state index contributed by atoms with van der Waals surface area (Å²) in [7, 11) is 0. The van der Waals surface area contributed by atoms with Gasteiger partial charge in [-0.3, -0.25) is 14.2 Å². The second kappa shape index (κ2) is 8.37. The second-order valence-corrected chi connectivity index (χ2v) is 7.23. The number of amides is 1. The van der Waals surface area contributed by atoms with Gasteiger partial charge in [0.25, 0.3) is 5.56 Å². The predicted molar refractivity (Wildman–Crippen MR) is 107 cm³/mol. The molecule has 6 nitrogen and oxygen atoms in total. The normalized spacial score (nSPS) is 10.8. The number of hydrogen-bond acceptors (Lipinski definition) is 6. The number of aromatic nitrogens is 2. The van der Waals surface area contributed by atoms with E-state index in [1.807, 2.05) is 37.4 Å². The van der Waals surface area contributed by atoms with Gasteiger partial charge in [-0.05, 0) is 49.6 Å². The zero-order valence-electron chi connectivity index (χ0n) is 14.5. The Hall–Kier alpha value is -2.32. The summed E-state index contributed by atoms with van der Waals surface area (Å²) in [4.78, 5) is 29.2. The largest absolute Gasteiger partial charge is 0.494 e. The van der Waals surface area contributed by atoms with Crippen LogP contribution in [0.3, 0.4) is 0 Å². The van der Waals surface area contributed by atoms with Crippen LogP contribution < -0.4 is 15.6 Å². The minimum Gasteiger partial charge on any atom is -0.494 e. The van der Waals surface area contributed by atoms with Gasteiger partial charge in [-0.25, -0.2) is 4.98 Å². The summed E-state index contributed by atoms with van der Waals surface area (Å²) in [6, 6.07) is 9.04. The Bertz CT molecular complexity index is 964. The molecule has 0 radical (unpaired) electrons. The number of carbonyl (C=O) groups is 1. The average molecular weight is 390 g/mol. The molecule has 0 unspecified atom stereocenters. The Labute approximate surface area is 159 Å². The fraction of sp³-hybridized carbons (Fsp3) is 0.278. The highest BCUT2D eigenvalue weighted by molar-refractivity contribution is 7.99. The zero-order chi connectivity index (χ0) is 18.5. The molecule has 136 valence electrons. The van der Waals surface area contributed by atoms with Gasteiger partial charge < -0.3 is 10.1 Å². The SMILES string of the molecule is CCOc1ccc(NC(=O)CSc2nc3ccsc3c(=O)n2CC)cc1. The molecule has 2 heterocycles. The molecular weight excluding hydrogens is 370 g/mol. The number of benzene rings is 1. The van der Waals surface area contributed by atoms with Gasteiger partial charge in [0.1, 0.15) is 10.4 Å². The fourth-order valence-corrected chi connectivity index (χ4v) is 4.08. The number of rotatable bonds is 7. The molecule has 0 aliphatic carbocycles. The number of hydrogen-bond donors (Lipinski definition) is 1. The smallest absolute Gasteiger partial charge is 0.272 e. The van der Waals surface area contributed by atoms with Crippen molar-refractivity contribution in [2.75, 3.05) is 17.7 Å². The third-order valence-electron chi connectivity index (χ3n) is 3.63. The molecule has 8 heteroatoms. The topological polar surface area (TPSA) is 73.2 Å². The lowest BCUT2D eigenvalue weighted by molar-refractivity contribution is -0.113. The summed E-state index contributed by atoms with van der Waals surface area (Å²) in [5.74, 6) is 0.788. The Morgan fingerprint density at radius 1 is 1.27 bits per heavy atom. The van der Waals surface area contributed by atoms with Crippen LogP contribution in [0.4, 0.5) is 5.69 Å². The minimum absolute atomic E-state index is 0.0538. The maximum Gasteiger partial charge on any atom is 0.272 e. The Kier molecular flexibility index (Phi) is 5.95. The minimum atomic E-state index is -0.151. The van der Waals surface area contributed by atoms with Crippen molar-refractivity contribution in [1.29, 1.82) is 0 Å². The number of nitrogens with one attached hydrogen (secondary N) is 1. The molecule has 0 spiro atoms. The van der Waals surface area contributed by atoms with Crippen LogP contribution >= 0.6 is 23.1 Å². The van der Waals surface area contributed by atoms with E-state index >= 15 is 0 Å². The molecule has 1 amide bonds. The molecule has 0 bridgehead atoms. The van der Waals surface area contributed by atoms with E-state index in [1.165, 1.54) is 23.1 Å². The summed E-state index contributed by atoms with van der Waals surface area (Å²) < 4.78 is 7.63. The first kappa shape index (κ1) is 18.5. The van der Waals surface area contributed by atoms with E-state index in [2.05, 4.69) is 10.3 Å². The van der Waals surface area contributed by atoms with E-state index in [4.69, 9.17) is 4.74 Å². The standard InChI is InChI=1S/C18H19N3O3S2/c1-3-21-17(23)16-14(9-10-25-16)20-18(21)26-11-15(22)19-12-5-7-13(8-6-12)24-4-2/h5-10H,3-4,11H2,1-2H3,(H,19,22). The lowest BCUT2D eigenvalue weighted by atomic mass is 10.3. The summed E-state index contributed by atoms with van der Waals surface area (Å²) in [6.45, 7) is 4.93. The fourth-order valence-electron chi connectivity index (χ4n) is 2.44. The van der Waals surface area contributed by atoms with E-state index in [1.54, 1.807) is 16.7 Å². The lowest BCUT2D eigenvalue weighted by Crippen LogP contribution is -2.22. The molecule has 0 aliphatic heterocycles. The number of ether oxygens (including phenoxy) is 1. The molecule has 0 aliphatic rings. The first-order valence-electron chi connectivity index (χ1n) is 8.26.